The quantitative estimate of drug-likeness (QED) is 0.596. The molecule has 3 heterocycles. The van der Waals surface area contributed by atoms with Crippen molar-refractivity contribution in [3.63, 3.8) is 0 Å². The van der Waals surface area contributed by atoms with Gasteiger partial charge in [0.25, 0.3) is 11.1 Å². The van der Waals surface area contributed by atoms with Crippen molar-refractivity contribution < 1.29 is 18.7 Å². The summed E-state index contributed by atoms with van der Waals surface area (Å²) in [5, 5.41) is 2.68. The van der Waals surface area contributed by atoms with Crippen LogP contribution in [0.1, 0.15) is 30.7 Å². The summed E-state index contributed by atoms with van der Waals surface area (Å²) in [6.07, 6.45) is 5.15. The highest BCUT2D eigenvalue weighted by Crippen LogP contribution is 2.36. The summed E-state index contributed by atoms with van der Waals surface area (Å²) in [5.41, 5.74) is 4.59. The number of ether oxygens (including phenoxy) is 1. The van der Waals surface area contributed by atoms with E-state index in [1.54, 1.807) is 18.5 Å². The molecule has 0 radical (unpaired) electrons. The summed E-state index contributed by atoms with van der Waals surface area (Å²) in [4.78, 5) is 27.8. The van der Waals surface area contributed by atoms with Crippen LogP contribution in [0.25, 0.3) is 28.2 Å². The van der Waals surface area contributed by atoms with E-state index in [1.807, 2.05) is 33.8 Å². The van der Waals surface area contributed by atoms with Crippen LogP contribution in [0.2, 0.25) is 0 Å². The van der Waals surface area contributed by atoms with E-state index in [2.05, 4.69) is 22.4 Å². The van der Waals surface area contributed by atoms with E-state index in [0.29, 0.717) is 16.2 Å². The number of carbonyl (C=O) groups excluding carboxylic acids is 2. The fourth-order valence-corrected chi connectivity index (χ4v) is 4.00. The summed E-state index contributed by atoms with van der Waals surface area (Å²) < 4.78 is 12.0. The van der Waals surface area contributed by atoms with Crippen molar-refractivity contribution in [1.29, 1.82) is 0 Å². The highest BCUT2D eigenvalue weighted by atomic mass is 32.2. The maximum atomic E-state index is 11.8. The van der Waals surface area contributed by atoms with Gasteiger partial charge in [-0.25, -0.2) is 0 Å². The van der Waals surface area contributed by atoms with Crippen LogP contribution in [-0.2, 0) is 4.79 Å². The first-order valence-electron chi connectivity index (χ1n) is 9.22. The Kier molecular flexibility index (Phi) is 4.92. The number of aryl methyl sites for hydroxylation is 2. The van der Waals surface area contributed by atoms with Crippen molar-refractivity contribution in [1.82, 2.24) is 10.3 Å². The van der Waals surface area contributed by atoms with Crippen LogP contribution in [0, 0.1) is 13.8 Å². The second-order valence-electron chi connectivity index (χ2n) is 7.21. The van der Waals surface area contributed by atoms with Crippen LogP contribution in [0.5, 0.6) is 5.75 Å². The van der Waals surface area contributed by atoms with E-state index < -0.39 is 5.91 Å². The predicted molar refractivity (Wildman–Crippen MR) is 114 cm³/mol. The molecule has 0 atom stereocenters. The molecular formula is C22H20N2O4S. The lowest BCUT2D eigenvalue weighted by atomic mass is 10.00. The number of fused-ring (bicyclic) bond motifs is 1. The molecule has 148 valence electrons. The van der Waals surface area contributed by atoms with Gasteiger partial charge in [0.2, 0.25) is 0 Å². The fourth-order valence-electron chi connectivity index (χ4n) is 3.34. The fraction of sp³-hybridized carbons (Fsp3) is 0.227. The average molecular weight is 408 g/mol. The zero-order valence-electron chi connectivity index (χ0n) is 16.5. The average Bonchev–Trinajstić information content (AvgIpc) is 3.19. The molecular weight excluding hydrogens is 388 g/mol. The Labute approximate surface area is 172 Å². The number of pyridine rings is 1. The molecule has 1 saturated heterocycles. The molecule has 29 heavy (non-hydrogen) atoms. The molecule has 0 unspecified atom stereocenters. The second-order valence-corrected chi connectivity index (χ2v) is 8.23. The number of aromatic nitrogens is 1. The lowest BCUT2D eigenvalue weighted by Gasteiger charge is -2.16. The number of amides is 2. The second kappa shape index (κ2) is 7.40. The summed E-state index contributed by atoms with van der Waals surface area (Å²) in [7, 11) is 0. The van der Waals surface area contributed by atoms with Crippen LogP contribution in [0.15, 0.2) is 39.9 Å². The first kappa shape index (κ1) is 19.3. The zero-order valence-corrected chi connectivity index (χ0v) is 17.3. The summed E-state index contributed by atoms with van der Waals surface area (Å²) in [5.74, 6) is 0.975. The number of hydrogen-bond donors (Lipinski definition) is 1. The normalized spacial score (nSPS) is 15.6. The SMILES string of the molecule is Cc1cc(-c2cncc3cc(/C=C4\SC(=O)NC4=O)oc23)cc(C)c1OC(C)C. The number of furan rings is 1. The molecule has 6 nitrogen and oxygen atoms in total. The third kappa shape index (κ3) is 3.78. The van der Waals surface area contributed by atoms with Crippen LogP contribution >= 0.6 is 11.8 Å². The number of nitrogens with zero attached hydrogens (tertiary/aromatic N) is 1. The van der Waals surface area contributed by atoms with Crippen molar-refractivity contribution in [2.45, 2.75) is 33.8 Å². The first-order valence-corrected chi connectivity index (χ1v) is 10.0. The monoisotopic (exact) mass is 408 g/mol. The van der Waals surface area contributed by atoms with Gasteiger partial charge in [-0.2, -0.15) is 0 Å². The molecule has 4 rings (SSSR count). The third-order valence-corrected chi connectivity index (χ3v) is 5.29. The Bertz CT molecular complexity index is 1150. The van der Waals surface area contributed by atoms with Crippen LogP contribution in [0.3, 0.4) is 0 Å². The third-order valence-electron chi connectivity index (χ3n) is 4.48. The molecule has 1 aromatic carbocycles. The zero-order chi connectivity index (χ0) is 20.7. The van der Waals surface area contributed by atoms with E-state index >= 15 is 0 Å². The minimum atomic E-state index is -0.411. The first-order chi connectivity index (χ1) is 13.8. The van der Waals surface area contributed by atoms with E-state index in [9.17, 15) is 9.59 Å². The van der Waals surface area contributed by atoms with Gasteiger partial charge in [0, 0.05) is 29.4 Å². The van der Waals surface area contributed by atoms with Gasteiger partial charge in [-0.15, -0.1) is 0 Å². The van der Waals surface area contributed by atoms with E-state index in [4.69, 9.17) is 9.15 Å². The summed E-state index contributed by atoms with van der Waals surface area (Å²) in [6, 6.07) is 5.92. The lowest BCUT2D eigenvalue weighted by molar-refractivity contribution is -0.115. The molecule has 0 saturated carbocycles. The number of benzene rings is 1. The largest absolute Gasteiger partial charge is 0.490 e. The van der Waals surface area contributed by atoms with Crippen LogP contribution in [-0.4, -0.2) is 22.2 Å². The van der Waals surface area contributed by atoms with E-state index in [-0.39, 0.29) is 11.3 Å². The number of thioether (sulfide) groups is 1. The topological polar surface area (TPSA) is 81.4 Å². The highest BCUT2D eigenvalue weighted by Gasteiger charge is 2.25. The standard InChI is InChI=1S/C22H20N2O4S/c1-11(2)27-19-12(3)5-14(6-13(19)4)17-10-23-9-15-7-16(28-20(15)17)8-18-21(25)24-22(26)29-18/h5-11H,1-4H3,(H,24,25,26)/b18-8-. The minimum Gasteiger partial charge on any atom is -0.490 e. The maximum absolute atomic E-state index is 11.8. The Morgan fingerprint density at radius 1 is 1.14 bits per heavy atom. The molecule has 2 amide bonds. The van der Waals surface area contributed by atoms with Gasteiger partial charge < -0.3 is 9.15 Å². The van der Waals surface area contributed by atoms with Gasteiger partial charge in [-0.3, -0.25) is 19.9 Å². The number of carbonyl (C=O) groups is 2. The maximum Gasteiger partial charge on any atom is 0.290 e. The van der Waals surface area contributed by atoms with Gasteiger partial charge >= 0.3 is 0 Å². The van der Waals surface area contributed by atoms with Gasteiger partial charge in [0.1, 0.15) is 17.1 Å². The number of rotatable bonds is 4. The molecule has 0 bridgehead atoms. The number of hydrogen-bond acceptors (Lipinski definition) is 6. The minimum absolute atomic E-state index is 0.0987. The molecule has 0 aliphatic carbocycles. The molecule has 1 N–H and O–H groups in total. The molecule has 1 aliphatic heterocycles. The van der Waals surface area contributed by atoms with Gasteiger partial charge in [0.05, 0.1) is 11.0 Å². The predicted octanol–water partition coefficient (Wildman–Crippen LogP) is 5.22. The van der Waals surface area contributed by atoms with Crippen LogP contribution < -0.4 is 10.1 Å². The highest BCUT2D eigenvalue weighted by molar-refractivity contribution is 8.18. The Hall–Kier alpha value is -3.06. The molecule has 1 fully saturated rings. The van der Waals surface area contributed by atoms with Crippen molar-refractivity contribution in [3.05, 3.63) is 52.4 Å². The number of nitrogens with one attached hydrogen (secondary N) is 1. The molecule has 1 aliphatic rings. The Morgan fingerprint density at radius 3 is 2.48 bits per heavy atom. The van der Waals surface area contributed by atoms with E-state index in [1.165, 1.54) is 0 Å². The van der Waals surface area contributed by atoms with Crippen LogP contribution in [0.4, 0.5) is 4.79 Å². The summed E-state index contributed by atoms with van der Waals surface area (Å²) in [6.45, 7) is 8.05. The van der Waals surface area contributed by atoms with Crippen molar-refractivity contribution in [2.24, 2.45) is 0 Å². The molecule has 7 heteroatoms. The Morgan fingerprint density at radius 2 is 1.86 bits per heavy atom. The molecule has 3 aromatic rings. The summed E-state index contributed by atoms with van der Waals surface area (Å²) >= 11 is 0.861. The Balaban J connectivity index is 1.78. The van der Waals surface area contributed by atoms with Crippen molar-refractivity contribution in [3.8, 4) is 16.9 Å². The van der Waals surface area contributed by atoms with E-state index in [0.717, 1.165) is 45.2 Å². The molecule has 2 aromatic heterocycles. The van der Waals surface area contributed by atoms with Crippen molar-refractivity contribution in [2.75, 3.05) is 0 Å². The van der Waals surface area contributed by atoms with Gasteiger partial charge in [0.15, 0.2) is 0 Å². The lowest BCUT2D eigenvalue weighted by Crippen LogP contribution is -2.17. The molecule has 0 spiro atoms. The smallest absolute Gasteiger partial charge is 0.290 e. The van der Waals surface area contributed by atoms with Gasteiger partial charge in [-0.05, 0) is 74.3 Å². The number of imide groups is 1. The van der Waals surface area contributed by atoms with Crippen molar-refractivity contribution >= 4 is 40.0 Å². The van der Waals surface area contributed by atoms with Gasteiger partial charge in [-0.1, -0.05) is 0 Å².